The minimum atomic E-state index is -1.08. The number of nitrogens with two attached hydrogens (primary N) is 1. The molecule has 1 aliphatic rings. The molecular formula is C10H13N5O3S. The summed E-state index contributed by atoms with van der Waals surface area (Å²) in [4.78, 5) is 12.0. The van der Waals surface area contributed by atoms with Gasteiger partial charge in [0.1, 0.15) is 24.1 Å². The predicted molar refractivity (Wildman–Crippen MR) is 69.5 cm³/mol. The lowest BCUT2D eigenvalue weighted by Crippen LogP contribution is -2.32. The van der Waals surface area contributed by atoms with Crippen molar-refractivity contribution in [1.82, 2.24) is 19.5 Å². The molecule has 3 heterocycles. The van der Waals surface area contributed by atoms with Crippen LogP contribution in [0, 0.1) is 0 Å². The molecule has 3 rings (SSSR count). The van der Waals surface area contributed by atoms with Crippen LogP contribution in [0.4, 0.5) is 5.82 Å². The second kappa shape index (κ2) is 4.60. The number of ether oxygens (including phenoxy) is 1. The minimum absolute atomic E-state index is 0.252. The Balaban J connectivity index is 2.04. The van der Waals surface area contributed by atoms with Crippen LogP contribution in [0.15, 0.2) is 12.7 Å². The van der Waals surface area contributed by atoms with Crippen LogP contribution in [0.25, 0.3) is 11.2 Å². The Morgan fingerprint density at radius 1 is 1.32 bits per heavy atom. The molecule has 2 aromatic rings. The number of rotatable bonds is 2. The van der Waals surface area contributed by atoms with E-state index in [1.165, 1.54) is 17.2 Å². The maximum absolute atomic E-state index is 10.0. The number of thiol groups is 1. The summed E-state index contributed by atoms with van der Waals surface area (Å²) < 4.78 is 7.11. The van der Waals surface area contributed by atoms with Crippen LogP contribution in [0.3, 0.4) is 0 Å². The highest BCUT2D eigenvalue weighted by atomic mass is 32.1. The van der Waals surface area contributed by atoms with Crippen LogP contribution in [-0.2, 0) is 4.74 Å². The highest BCUT2D eigenvalue weighted by molar-refractivity contribution is 7.80. The Bertz CT molecular complexity index is 606. The molecule has 1 fully saturated rings. The van der Waals surface area contributed by atoms with Crippen molar-refractivity contribution in [3.63, 3.8) is 0 Å². The third-order valence-corrected chi connectivity index (χ3v) is 3.54. The van der Waals surface area contributed by atoms with E-state index in [2.05, 4.69) is 27.6 Å². The van der Waals surface area contributed by atoms with E-state index in [9.17, 15) is 10.2 Å². The maximum Gasteiger partial charge on any atom is 0.167 e. The third-order valence-electron chi connectivity index (χ3n) is 3.18. The van der Waals surface area contributed by atoms with Crippen molar-refractivity contribution >= 4 is 29.6 Å². The standard InChI is InChI=1S/C10H13N5O3S/c11-8-5-9(13-2-12-8)15(3-14-5)10-7(17)6(16)4(1-19)18-10/h2-4,6-7,10,16-17,19H,1H2,(H2,11,12,13). The summed E-state index contributed by atoms with van der Waals surface area (Å²) in [5, 5.41) is 19.9. The fourth-order valence-electron chi connectivity index (χ4n) is 2.17. The third kappa shape index (κ3) is 1.86. The molecule has 0 bridgehead atoms. The van der Waals surface area contributed by atoms with E-state index in [1.54, 1.807) is 0 Å². The lowest BCUT2D eigenvalue weighted by molar-refractivity contribution is -0.0288. The highest BCUT2D eigenvalue weighted by Crippen LogP contribution is 2.32. The first-order valence-electron chi connectivity index (χ1n) is 5.69. The first-order valence-corrected chi connectivity index (χ1v) is 6.32. The second-order valence-corrected chi connectivity index (χ2v) is 4.68. The summed E-state index contributed by atoms with van der Waals surface area (Å²) in [5.74, 6) is 0.556. The molecule has 102 valence electrons. The summed E-state index contributed by atoms with van der Waals surface area (Å²) in [5.41, 5.74) is 6.57. The zero-order valence-electron chi connectivity index (χ0n) is 9.79. The number of nitrogen functional groups attached to an aromatic ring is 1. The summed E-state index contributed by atoms with van der Waals surface area (Å²) in [7, 11) is 0. The number of anilines is 1. The van der Waals surface area contributed by atoms with E-state index in [4.69, 9.17) is 10.5 Å². The van der Waals surface area contributed by atoms with Gasteiger partial charge in [-0.1, -0.05) is 0 Å². The average Bonchev–Trinajstić information content (AvgIpc) is 2.94. The SMILES string of the molecule is Nc1ncnc2c1ncn2C1OC(CS)C(O)C1O. The van der Waals surface area contributed by atoms with Gasteiger partial charge in [0.05, 0.1) is 12.4 Å². The van der Waals surface area contributed by atoms with Crippen LogP contribution in [0.5, 0.6) is 0 Å². The zero-order valence-corrected chi connectivity index (χ0v) is 10.7. The predicted octanol–water partition coefficient (Wildman–Crippen LogP) is -1.04. The normalized spacial score (nSPS) is 31.1. The van der Waals surface area contributed by atoms with Crippen LogP contribution in [-0.4, -0.2) is 53.8 Å². The number of hydrogen-bond donors (Lipinski definition) is 4. The molecular weight excluding hydrogens is 270 g/mol. The molecule has 19 heavy (non-hydrogen) atoms. The molecule has 9 heteroatoms. The van der Waals surface area contributed by atoms with E-state index >= 15 is 0 Å². The summed E-state index contributed by atoms with van der Waals surface area (Å²) in [6.45, 7) is 0. The van der Waals surface area contributed by atoms with Crippen molar-refractivity contribution in [3.05, 3.63) is 12.7 Å². The maximum atomic E-state index is 10.0. The van der Waals surface area contributed by atoms with Gasteiger partial charge in [-0.05, 0) is 0 Å². The largest absolute Gasteiger partial charge is 0.387 e. The molecule has 0 saturated carbocycles. The molecule has 0 spiro atoms. The molecule has 4 unspecified atom stereocenters. The number of aliphatic hydroxyl groups is 2. The van der Waals surface area contributed by atoms with Crippen LogP contribution in [0.1, 0.15) is 6.23 Å². The van der Waals surface area contributed by atoms with Crippen molar-refractivity contribution in [3.8, 4) is 0 Å². The van der Waals surface area contributed by atoms with Gasteiger partial charge in [-0.15, -0.1) is 0 Å². The minimum Gasteiger partial charge on any atom is -0.387 e. The van der Waals surface area contributed by atoms with Crippen molar-refractivity contribution in [2.45, 2.75) is 24.5 Å². The van der Waals surface area contributed by atoms with E-state index < -0.39 is 24.5 Å². The van der Waals surface area contributed by atoms with Gasteiger partial charge in [0.2, 0.25) is 0 Å². The number of aliphatic hydroxyl groups excluding tert-OH is 2. The van der Waals surface area contributed by atoms with E-state index in [0.717, 1.165) is 0 Å². The molecule has 2 aromatic heterocycles. The fourth-order valence-corrected chi connectivity index (χ4v) is 2.47. The summed E-state index contributed by atoms with van der Waals surface area (Å²) in [6.07, 6.45) is -0.628. The quantitative estimate of drug-likeness (QED) is 0.520. The Morgan fingerprint density at radius 3 is 2.79 bits per heavy atom. The molecule has 8 nitrogen and oxygen atoms in total. The van der Waals surface area contributed by atoms with Crippen molar-refractivity contribution < 1.29 is 14.9 Å². The van der Waals surface area contributed by atoms with E-state index in [-0.39, 0.29) is 5.82 Å². The molecule has 4 N–H and O–H groups in total. The number of imidazole rings is 1. The molecule has 4 atom stereocenters. The van der Waals surface area contributed by atoms with Gasteiger partial charge >= 0.3 is 0 Å². The van der Waals surface area contributed by atoms with Crippen LogP contribution < -0.4 is 5.73 Å². The molecule has 1 saturated heterocycles. The molecule has 0 amide bonds. The number of aromatic nitrogens is 4. The van der Waals surface area contributed by atoms with Crippen LogP contribution >= 0.6 is 12.6 Å². The molecule has 0 aromatic carbocycles. The Hall–Kier alpha value is -1.42. The average molecular weight is 283 g/mol. The lowest BCUT2D eigenvalue weighted by atomic mass is 10.1. The molecule has 0 aliphatic carbocycles. The van der Waals surface area contributed by atoms with Gasteiger partial charge in [-0.2, -0.15) is 12.6 Å². The van der Waals surface area contributed by atoms with Gasteiger partial charge in [-0.25, -0.2) is 15.0 Å². The second-order valence-electron chi connectivity index (χ2n) is 4.31. The lowest BCUT2D eigenvalue weighted by Gasteiger charge is -2.16. The summed E-state index contributed by atoms with van der Waals surface area (Å²) >= 11 is 4.08. The topological polar surface area (TPSA) is 119 Å². The van der Waals surface area contributed by atoms with Crippen molar-refractivity contribution in [2.75, 3.05) is 11.5 Å². The van der Waals surface area contributed by atoms with Gasteiger partial charge in [0.25, 0.3) is 0 Å². The smallest absolute Gasteiger partial charge is 0.167 e. The molecule has 0 radical (unpaired) electrons. The zero-order chi connectivity index (χ0) is 13.6. The Labute approximate surface area is 113 Å². The monoisotopic (exact) mass is 283 g/mol. The van der Waals surface area contributed by atoms with Gasteiger partial charge in [-0.3, -0.25) is 4.57 Å². The van der Waals surface area contributed by atoms with Crippen LogP contribution in [0.2, 0.25) is 0 Å². The highest BCUT2D eigenvalue weighted by Gasteiger charge is 2.43. The van der Waals surface area contributed by atoms with Gasteiger partial charge in [0.15, 0.2) is 17.7 Å². The number of nitrogens with zero attached hydrogens (tertiary/aromatic N) is 4. The number of hydrogen-bond acceptors (Lipinski definition) is 8. The Morgan fingerprint density at radius 2 is 2.11 bits per heavy atom. The Kier molecular flexibility index (Phi) is 3.05. The van der Waals surface area contributed by atoms with Gasteiger partial charge < -0.3 is 20.7 Å². The first-order chi connectivity index (χ1) is 9.13. The van der Waals surface area contributed by atoms with E-state index in [1.807, 2.05) is 0 Å². The number of fused-ring (bicyclic) bond motifs is 1. The van der Waals surface area contributed by atoms with Crippen molar-refractivity contribution in [2.24, 2.45) is 0 Å². The van der Waals surface area contributed by atoms with Gasteiger partial charge in [0, 0.05) is 5.75 Å². The summed E-state index contributed by atoms with van der Waals surface area (Å²) in [6, 6.07) is 0. The molecule has 1 aliphatic heterocycles. The fraction of sp³-hybridized carbons (Fsp3) is 0.500. The van der Waals surface area contributed by atoms with E-state index in [0.29, 0.717) is 16.9 Å². The first kappa shape index (κ1) is 12.6. The van der Waals surface area contributed by atoms with Crippen molar-refractivity contribution in [1.29, 1.82) is 0 Å².